The van der Waals surface area contributed by atoms with Crippen LogP contribution in [0.5, 0.6) is 0 Å². The van der Waals surface area contributed by atoms with Gasteiger partial charge >= 0.3 is 0 Å². The molecule has 88 valence electrons. The molecule has 0 unspecified atom stereocenters. The zero-order valence-corrected chi connectivity index (χ0v) is 11.3. The van der Waals surface area contributed by atoms with Crippen molar-refractivity contribution in [1.29, 1.82) is 0 Å². The van der Waals surface area contributed by atoms with Crippen molar-refractivity contribution in [3.63, 3.8) is 0 Å². The normalized spacial score (nSPS) is 11.9. The lowest BCUT2D eigenvalue weighted by Gasteiger charge is -2.04. The van der Waals surface area contributed by atoms with E-state index in [-0.39, 0.29) is 5.82 Å². The van der Waals surface area contributed by atoms with E-state index in [2.05, 4.69) is 34.2 Å². The SMILES string of the molecule is CNCCC=C(C)Cc1cc(F)cc(Br)c1. The van der Waals surface area contributed by atoms with E-state index in [1.54, 1.807) is 6.07 Å². The number of hydrogen-bond donors (Lipinski definition) is 1. The molecule has 1 rings (SSSR count). The standard InChI is InChI=1S/C13H17BrFN/c1-10(4-3-5-16-2)6-11-7-12(14)9-13(15)8-11/h4,7-9,16H,3,5-6H2,1-2H3. The average molecular weight is 286 g/mol. The van der Waals surface area contributed by atoms with Crippen LogP contribution in [0.2, 0.25) is 0 Å². The first-order valence-electron chi connectivity index (χ1n) is 5.37. The molecular formula is C13H17BrFN. The molecule has 0 aromatic heterocycles. The second kappa shape index (κ2) is 6.81. The molecule has 16 heavy (non-hydrogen) atoms. The summed E-state index contributed by atoms with van der Waals surface area (Å²) in [4.78, 5) is 0. The van der Waals surface area contributed by atoms with Gasteiger partial charge in [0.25, 0.3) is 0 Å². The third-order valence-electron chi connectivity index (χ3n) is 2.29. The number of halogens is 2. The van der Waals surface area contributed by atoms with Crippen molar-refractivity contribution in [2.24, 2.45) is 0 Å². The van der Waals surface area contributed by atoms with Gasteiger partial charge in [0, 0.05) is 4.47 Å². The monoisotopic (exact) mass is 285 g/mol. The zero-order chi connectivity index (χ0) is 12.0. The Morgan fingerprint density at radius 2 is 2.19 bits per heavy atom. The molecule has 0 atom stereocenters. The van der Waals surface area contributed by atoms with Crippen molar-refractivity contribution < 1.29 is 4.39 Å². The summed E-state index contributed by atoms with van der Waals surface area (Å²) in [5.74, 6) is -0.188. The van der Waals surface area contributed by atoms with Gasteiger partial charge in [0.1, 0.15) is 5.82 Å². The summed E-state index contributed by atoms with van der Waals surface area (Å²) in [6.45, 7) is 3.05. The van der Waals surface area contributed by atoms with Crippen molar-refractivity contribution in [3.8, 4) is 0 Å². The van der Waals surface area contributed by atoms with Crippen LogP contribution in [-0.2, 0) is 6.42 Å². The van der Waals surface area contributed by atoms with E-state index in [0.717, 1.165) is 29.4 Å². The molecule has 3 heteroatoms. The predicted molar refractivity (Wildman–Crippen MR) is 70.1 cm³/mol. The Balaban J connectivity index is 2.61. The molecule has 0 saturated carbocycles. The molecule has 0 aliphatic carbocycles. The van der Waals surface area contributed by atoms with Gasteiger partial charge in [0.2, 0.25) is 0 Å². The minimum absolute atomic E-state index is 0.188. The highest BCUT2D eigenvalue weighted by atomic mass is 79.9. The van der Waals surface area contributed by atoms with Crippen LogP contribution in [-0.4, -0.2) is 13.6 Å². The minimum atomic E-state index is -0.188. The summed E-state index contributed by atoms with van der Waals surface area (Å²) >= 11 is 3.30. The first-order chi connectivity index (χ1) is 7.61. The summed E-state index contributed by atoms with van der Waals surface area (Å²) in [6, 6.07) is 5.02. The van der Waals surface area contributed by atoms with E-state index in [0.29, 0.717) is 0 Å². The molecule has 0 saturated heterocycles. The van der Waals surface area contributed by atoms with E-state index >= 15 is 0 Å². The van der Waals surface area contributed by atoms with Gasteiger partial charge in [-0.1, -0.05) is 27.6 Å². The third-order valence-corrected chi connectivity index (χ3v) is 2.75. The number of allylic oxidation sites excluding steroid dienone is 1. The molecule has 1 aromatic rings. The maximum atomic E-state index is 13.1. The van der Waals surface area contributed by atoms with Gasteiger partial charge < -0.3 is 5.32 Å². The van der Waals surface area contributed by atoms with Crippen molar-refractivity contribution in [1.82, 2.24) is 5.32 Å². The minimum Gasteiger partial charge on any atom is -0.319 e. The molecule has 0 radical (unpaired) electrons. The Morgan fingerprint density at radius 3 is 2.81 bits per heavy atom. The van der Waals surface area contributed by atoms with Gasteiger partial charge in [0.15, 0.2) is 0 Å². The third kappa shape index (κ3) is 4.90. The van der Waals surface area contributed by atoms with Crippen LogP contribution in [0.4, 0.5) is 4.39 Å². The topological polar surface area (TPSA) is 12.0 Å². The van der Waals surface area contributed by atoms with Crippen molar-refractivity contribution in [3.05, 3.63) is 45.7 Å². The highest BCUT2D eigenvalue weighted by Gasteiger charge is 2.00. The summed E-state index contributed by atoms with van der Waals surface area (Å²) in [5, 5.41) is 3.09. The van der Waals surface area contributed by atoms with Gasteiger partial charge in [-0.2, -0.15) is 0 Å². The fraction of sp³-hybridized carbons (Fsp3) is 0.385. The summed E-state index contributed by atoms with van der Waals surface area (Å²) in [6.07, 6.45) is 4.01. The van der Waals surface area contributed by atoms with Crippen molar-refractivity contribution >= 4 is 15.9 Å². The Labute approximate surface area is 105 Å². The predicted octanol–water partition coefficient (Wildman–Crippen LogP) is 3.69. The van der Waals surface area contributed by atoms with Gasteiger partial charge in [0.05, 0.1) is 0 Å². The number of nitrogens with one attached hydrogen (secondary N) is 1. The first-order valence-corrected chi connectivity index (χ1v) is 6.16. The molecule has 0 heterocycles. The van der Waals surface area contributed by atoms with Crippen LogP contribution in [0.3, 0.4) is 0 Å². The maximum absolute atomic E-state index is 13.1. The van der Waals surface area contributed by atoms with Crippen LogP contribution in [0, 0.1) is 5.82 Å². The van der Waals surface area contributed by atoms with Crippen LogP contribution in [0.25, 0.3) is 0 Å². The van der Waals surface area contributed by atoms with E-state index in [4.69, 9.17) is 0 Å². The summed E-state index contributed by atoms with van der Waals surface area (Å²) in [5.41, 5.74) is 2.28. The second-order valence-corrected chi connectivity index (χ2v) is 4.81. The van der Waals surface area contributed by atoms with Crippen molar-refractivity contribution in [2.75, 3.05) is 13.6 Å². The average Bonchev–Trinajstić information content (AvgIpc) is 2.16. The maximum Gasteiger partial charge on any atom is 0.124 e. The highest BCUT2D eigenvalue weighted by Crippen LogP contribution is 2.17. The quantitative estimate of drug-likeness (QED) is 0.643. The first kappa shape index (κ1) is 13.4. The van der Waals surface area contributed by atoms with Gasteiger partial charge in [-0.3, -0.25) is 0 Å². The molecule has 1 aromatic carbocycles. The van der Waals surface area contributed by atoms with Gasteiger partial charge in [-0.05, 0) is 57.1 Å². The van der Waals surface area contributed by atoms with E-state index in [9.17, 15) is 4.39 Å². The molecule has 1 nitrogen and oxygen atoms in total. The molecule has 0 bridgehead atoms. The summed E-state index contributed by atoms with van der Waals surface area (Å²) < 4.78 is 13.9. The van der Waals surface area contributed by atoms with Crippen molar-refractivity contribution in [2.45, 2.75) is 19.8 Å². The molecular weight excluding hydrogens is 269 g/mol. The van der Waals surface area contributed by atoms with E-state index in [1.807, 2.05) is 13.1 Å². The molecule has 0 aliphatic heterocycles. The van der Waals surface area contributed by atoms with E-state index in [1.165, 1.54) is 11.6 Å². The van der Waals surface area contributed by atoms with Gasteiger partial charge in [-0.15, -0.1) is 0 Å². The number of hydrogen-bond acceptors (Lipinski definition) is 1. The number of benzene rings is 1. The lowest BCUT2D eigenvalue weighted by molar-refractivity contribution is 0.625. The lowest BCUT2D eigenvalue weighted by atomic mass is 10.1. The van der Waals surface area contributed by atoms with Crippen LogP contribution < -0.4 is 5.32 Å². The molecule has 0 amide bonds. The summed E-state index contributed by atoms with van der Waals surface area (Å²) in [7, 11) is 1.94. The molecule has 0 fully saturated rings. The van der Waals surface area contributed by atoms with Crippen LogP contribution >= 0.6 is 15.9 Å². The largest absolute Gasteiger partial charge is 0.319 e. The smallest absolute Gasteiger partial charge is 0.124 e. The molecule has 1 N–H and O–H groups in total. The van der Waals surface area contributed by atoms with Crippen LogP contribution in [0.15, 0.2) is 34.3 Å². The highest BCUT2D eigenvalue weighted by molar-refractivity contribution is 9.10. The Kier molecular flexibility index (Phi) is 5.71. The Morgan fingerprint density at radius 1 is 1.44 bits per heavy atom. The van der Waals surface area contributed by atoms with Crippen LogP contribution in [0.1, 0.15) is 18.9 Å². The lowest BCUT2D eigenvalue weighted by Crippen LogP contribution is -2.06. The fourth-order valence-corrected chi connectivity index (χ4v) is 2.08. The zero-order valence-electron chi connectivity index (χ0n) is 9.69. The number of rotatable bonds is 5. The molecule has 0 spiro atoms. The van der Waals surface area contributed by atoms with Gasteiger partial charge in [-0.25, -0.2) is 4.39 Å². The fourth-order valence-electron chi connectivity index (χ4n) is 1.57. The Hall–Kier alpha value is -0.670. The molecule has 0 aliphatic rings. The second-order valence-electron chi connectivity index (χ2n) is 3.90. The Bertz CT molecular complexity index is 354. The van der Waals surface area contributed by atoms with E-state index < -0.39 is 0 Å².